The Morgan fingerprint density at radius 2 is 1.64 bits per heavy atom. The average molecular weight is 380 g/mol. The fraction of sp³-hybridized carbons (Fsp3) is 0.500. The van der Waals surface area contributed by atoms with E-state index in [9.17, 15) is 9.59 Å². The van der Waals surface area contributed by atoms with Crippen LogP contribution in [0.3, 0.4) is 0 Å². The highest BCUT2D eigenvalue weighted by atomic mass is 16.2. The van der Waals surface area contributed by atoms with Crippen LogP contribution >= 0.6 is 0 Å². The highest BCUT2D eigenvalue weighted by Crippen LogP contribution is 2.20. The fourth-order valence-electron chi connectivity index (χ4n) is 4.29. The summed E-state index contributed by atoms with van der Waals surface area (Å²) >= 11 is 0. The summed E-state index contributed by atoms with van der Waals surface area (Å²) < 4.78 is 0. The topological polar surface area (TPSA) is 65.5 Å². The van der Waals surface area contributed by atoms with E-state index < -0.39 is 0 Å². The van der Waals surface area contributed by atoms with Gasteiger partial charge in [0.1, 0.15) is 0 Å². The van der Waals surface area contributed by atoms with E-state index in [1.54, 1.807) is 12.3 Å². The van der Waals surface area contributed by atoms with Gasteiger partial charge in [-0.05, 0) is 31.4 Å². The lowest BCUT2D eigenvalue weighted by atomic mass is 9.96. The number of amides is 3. The highest BCUT2D eigenvalue weighted by Gasteiger charge is 2.25. The Kier molecular flexibility index (Phi) is 5.74. The molecule has 2 aliphatic rings. The van der Waals surface area contributed by atoms with Crippen LogP contribution in [0.2, 0.25) is 0 Å². The van der Waals surface area contributed by atoms with Crippen molar-refractivity contribution in [1.29, 1.82) is 0 Å². The summed E-state index contributed by atoms with van der Waals surface area (Å²) in [4.78, 5) is 33.9. The smallest absolute Gasteiger partial charge is 0.317 e. The van der Waals surface area contributed by atoms with Crippen LogP contribution in [-0.4, -0.2) is 58.9 Å². The fourth-order valence-corrected chi connectivity index (χ4v) is 4.29. The summed E-state index contributed by atoms with van der Waals surface area (Å²) in [6.45, 7) is 2.50. The van der Waals surface area contributed by atoms with Gasteiger partial charge in [-0.25, -0.2) is 4.79 Å². The summed E-state index contributed by atoms with van der Waals surface area (Å²) in [7, 11) is 0. The van der Waals surface area contributed by atoms with Crippen molar-refractivity contribution in [2.45, 2.75) is 44.6 Å². The SMILES string of the molecule is O=C(NC1CCCCC1)N1CCCN(C(=O)c2ccnc3ccccc23)CC1. The molecule has 2 aromatic rings. The van der Waals surface area contributed by atoms with Crippen LogP contribution in [0.4, 0.5) is 4.79 Å². The second-order valence-electron chi connectivity index (χ2n) is 7.79. The van der Waals surface area contributed by atoms with Crippen molar-refractivity contribution in [3.05, 3.63) is 42.1 Å². The second-order valence-corrected chi connectivity index (χ2v) is 7.79. The number of rotatable bonds is 2. The number of carbonyl (C=O) groups excluding carboxylic acids is 2. The van der Waals surface area contributed by atoms with Crippen LogP contribution in [0, 0.1) is 0 Å². The Balaban J connectivity index is 1.40. The minimum absolute atomic E-state index is 0.0214. The van der Waals surface area contributed by atoms with Gasteiger partial charge in [-0.15, -0.1) is 0 Å². The molecule has 1 aliphatic carbocycles. The molecule has 6 heteroatoms. The van der Waals surface area contributed by atoms with Gasteiger partial charge in [-0.2, -0.15) is 0 Å². The monoisotopic (exact) mass is 380 g/mol. The van der Waals surface area contributed by atoms with Crippen LogP contribution in [0.15, 0.2) is 36.5 Å². The maximum atomic E-state index is 13.1. The molecule has 1 aromatic heterocycles. The number of nitrogens with zero attached hydrogens (tertiary/aromatic N) is 3. The van der Waals surface area contributed by atoms with Gasteiger partial charge in [0.15, 0.2) is 0 Å². The first-order valence-electron chi connectivity index (χ1n) is 10.4. The van der Waals surface area contributed by atoms with Crippen LogP contribution in [0.1, 0.15) is 48.9 Å². The maximum absolute atomic E-state index is 13.1. The molecular weight excluding hydrogens is 352 g/mol. The van der Waals surface area contributed by atoms with Gasteiger partial charge in [0.2, 0.25) is 0 Å². The molecule has 0 unspecified atom stereocenters. The number of pyridine rings is 1. The molecule has 2 fully saturated rings. The largest absolute Gasteiger partial charge is 0.337 e. The molecule has 0 bridgehead atoms. The number of hydrogen-bond acceptors (Lipinski definition) is 3. The third kappa shape index (κ3) is 4.11. The minimum Gasteiger partial charge on any atom is -0.337 e. The van der Waals surface area contributed by atoms with Gasteiger partial charge < -0.3 is 15.1 Å². The second kappa shape index (κ2) is 8.59. The lowest BCUT2D eigenvalue weighted by molar-refractivity contribution is 0.0764. The Labute approximate surface area is 165 Å². The molecule has 4 rings (SSSR count). The zero-order chi connectivity index (χ0) is 19.3. The molecule has 148 valence electrons. The Bertz CT molecular complexity index is 842. The van der Waals surface area contributed by atoms with Gasteiger partial charge in [0.25, 0.3) is 5.91 Å². The van der Waals surface area contributed by atoms with Crippen molar-refractivity contribution >= 4 is 22.8 Å². The van der Waals surface area contributed by atoms with Crippen LogP contribution in [0.5, 0.6) is 0 Å². The van der Waals surface area contributed by atoms with Crippen molar-refractivity contribution in [2.24, 2.45) is 0 Å². The molecule has 3 amide bonds. The van der Waals surface area contributed by atoms with E-state index in [1.165, 1.54) is 19.3 Å². The predicted octanol–water partition coefficient (Wildman–Crippen LogP) is 3.43. The lowest BCUT2D eigenvalue weighted by Gasteiger charge is -2.27. The van der Waals surface area contributed by atoms with Gasteiger partial charge in [0.05, 0.1) is 11.1 Å². The molecule has 0 atom stereocenters. The van der Waals surface area contributed by atoms with Crippen molar-refractivity contribution in [3.8, 4) is 0 Å². The molecule has 6 nitrogen and oxygen atoms in total. The number of nitrogens with one attached hydrogen (secondary N) is 1. The third-order valence-corrected chi connectivity index (χ3v) is 5.88. The van der Waals surface area contributed by atoms with Gasteiger partial charge in [-0.3, -0.25) is 9.78 Å². The summed E-state index contributed by atoms with van der Waals surface area (Å²) in [6, 6.07) is 9.85. The quantitative estimate of drug-likeness (QED) is 0.868. The number of benzene rings is 1. The molecule has 1 aromatic carbocycles. The van der Waals surface area contributed by atoms with Crippen molar-refractivity contribution < 1.29 is 9.59 Å². The van der Waals surface area contributed by atoms with Gasteiger partial charge >= 0.3 is 6.03 Å². The zero-order valence-electron chi connectivity index (χ0n) is 16.3. The summed E-state index contributed by atoms with van der Waals surface area (Å²) in [5, 5.41) is 4.07. The van der Waals surface area contributed by atoms with Crippen LogP contribution < -0.4 is 5.32 Å². The molecule has 1 saturated carbocycles. The molecule has 28 heavy (non-hydrogen) atoms. The number of aromatic nitrogens is 1. The first kappa shape index (κ1) is 18.7. The highest BCUT2D eigenvalue weighted by molar-refractivity contribution is 6.06. The van der Waals surface area contributed by atoms with Crippen molar-refractivity contribution in [2.75, 3.05) is 26.2 Å². The number of para-hydroxylation sites is 1. The zero-order valence-corrected chi connectivity index (χ0v) is 16.3. The van der Waals surface area contributed by atoms with E-state index in [4.69, 9.17) is 0 Å². The van der Waals surface area contributed by atoms with Crippen molar-refractivity contribution in [1.82, 2.24) is 20.1 Å². The summed E-state index contributed by atoms with van der Waals surface area (Å²) in [6.07, 6.45) is 8.33. The van der Waals surface area contributed by atoms with E-state index >= 15 is 0 Å². The third-order valence-electron chi connectivity index (χ3n) is 5.88. The molecule has 1 N–H and O–H groups in total. The van der Waals surface area contributed by atoms with E-state index in [2.05, 4.69) is 10.3 Å². The van der Waals surface area contributed by atoms with Gasteiger partial charge in [-0.1, -0.05) is 37.5 Å². The minimum atomic E-state index is 0.0214. The molecule has 1 aliphatic heterocycles. The number of carbonyl (C=O) groups is 2. The molecular formula is C22H28N4O2. The summed E-state index contributed by atoms with van der Waals surface area (Å²) in [5.74, 6) is 0.0214. The first-order valence-corrected chi connectivity index (χ1v) is 10.4. The van der Waals surface area contributed by atoms with E-state index in [0.717, 1.165) is 30.2 Å². The van der Waals surface area contributed by atoms with Crippen LogP contribution in [-0.2, 0) is 0 Å². The maximum Gasteiger partial charge on any atom is 0.317 e. The van der Waals surface area contributed by atoms with Gasteiger partial charge in [0, 0.05) is 43.8 Å². The van der Waals surface area contributed by atoms with Crippen molar-refractivity contribution in [3.63, 3.8) is 0 Å². The molecule has 0 radical (unpaired) electrons. The predicted molar refractivity (Wildman–Crippen MR) is 109 cm³/mol. The Morgan fingerprint density at radius 1 is 0.893 bits per heavy atom. The van der Waals surface area contributed by atoms with E-state index in [-0.39, 0.29) is 11.9 Å². The molecule has 1 saturated heterocycles. The van der Waals surface area contributed by atoms with Crippen LogP contribution in [0.25, 0.3) is 10.9 Å². The number of fused-ring (bicyclic) bond motifs is 1. The molecule has 0 spiro atoms. The van der Waals surface area contributed by atoms with E-state index in [0.29, 0.717) is 37.8 Å². The summed E-state index contributed by atoms with van der Waals surface area (Å²) in [5.41, 5.74) is 1.52. The lowest BCUT2D eigenvalue weighted by Crippen LogP contribution is -2.46. The number of hydrogen-bond donors (Lipinski definition) is 1. The average Bonchev–Trinajstić information content (AvgIpc) is 3.00. The molecule has 2 heterocycles. The standard InChI is InChI=1S/C22H28N4O2/c27-21(19-11-12-23-20-10-5-4-9-18(19)20)25-13-6-14-26(16-15-25)22(28)24-17-7-2-1-3-8-17/h4-5,9-12,17H,1-3,6-8,13-16H2,(H,24,28). The Hall–Kier alpha value is -2.63. The van der Waals surface area contributed by atoms with E-state index in [1.807, 2.05) is 34.1 Å². The Morgan fingerprint density at radius 3 is 2.50 bits per heavy atom. The number of urea groups is 1. The first-order chi connectivity index (χ1) is 13.7. The normalized spacial score (nSPS) is 18.7.